The number of aliphatic hydroxyl groups is 1. The predicted molar refractivity (Wildman–Crippen MR) is 110 cm³/mol. The monoisotopic (exact) mass is 473 g/mol. The fourth-order valence-electron chi connectivity index (χ4n) is 2.48. The van der Waals surface area contributed by atoms with Crippen LogP contribution in [0.3, 0.4) is 0 Å². The number of hydrogen-bond acceptors (Lipinski definition) is 6. The fourth-order valence-corrected chi connectivity index (χ4v) is 3.29. The molecule has 0 saturated heterocycles. The molecule has 2 unspecified atom stereocenters. The third-order valence-corrected chi connectivity index (χ3v) is 4.52. The number of aromatic nitrogens is 3. The average Bonchev–Trinajstić information content (AvgIpc) is 2.95. The normalized spacial score (nSPS) is 14.0. The molecule has 0 spiro atoms. The number of ether oxygens (including phenoxy) is 2. The first-order valence-corrected chi connectivity index (χ1v) is 9.15. The van der Waals surface area contributed by atoms with Gasteiger partial charge in [0.05, 0.1) is 31.5 Å². The summed E-state index contributed by atoms with van der Waals surface area (Å²) in [5, 5.41) is 10.4. The highest BCUT2D eigenvalue weighted by molar-refractivity contribution is 14.1. The van der Waals surface area contributed by atoms with Crippen molar-refractivity contribution in [2.75, 3.05) is 34.4 Å². The molecule has 26 heavy (non-hydrogen) atoms. The van der Waals surface area contributed by atoms with Gasteiger partial charge in [-0.3, -0.25) is 0 Å². The lowest BCUT2D eigenvalue weighted by Crippen LogP contribution is -2.37. The predicted octanol–water partition coefficient (Wildman–Crippen LogP) is 1.84. The molecule has 0 fully saturated rings. The quantitative estimate of drug-likeness (QED) is 0.246. The molecule has 8 nitrogen and oxygen atoms in total. The molecule has 0 saturated carbocycles. The largest absolute Gasteiger partial charge is 0.394 e. The standard InChI is InChI=1S/C17H24IN5O3/c1-5-6-26-13(14(9-24)25-4)8-23-7-12(18)15-16(21-11-22(2)3)19-10-20-17(15)23/h5,7,10-11,13-14,24H,1,6,8-9H2,2-4H3/b21-11-. The summed E-state index contributed by atoms with van der Waals surface area (Å²) in [5.74, 6) is 0.612. The Labute approximate surface area is 166 Å². The Morgan fingerprint density at radius 2 is 2.19 bits per heavy atom. The van der Waals surface area contributed by atoms with Gasteiger partial charge in [-0.05, 0) is 22.6 Å². The molecule has 2 aromatic heterocycles. The molecule has 0 aliphatic heterocycles. The van der Waals surface area contributed by atoms with Crippen molar-refractivity contribution in [3.63, 3.8) is 0 Å². The lowest BCUT2D eigenvalue weighted by Gasteiger charge is -2.25. The molecule has 9 heteroatoms. The maximum Gasteiger partial charge on any atom is 0.167 e. The van der Waals surface area contributed by atoms with Crippen LogP contribution in [0.1, 0.15) is 0 Å². The van der Waals surface area contributed by atoms with Crippen molar-refractivity contribution in [3.05, 3.63) is 28.7 Å². The van der Waals surface area contributed by atoms with Gasteiger partial charge in [0.1, 0.15) is 24.2 Å². The number of hydrogen-bond donors (Lipinski definition) is 1. The van der Waals surface area contributed by atoms with Crippen LogP contribution in [0.2, 0.25) is 0 Å². The highest BCUT2D eigenvalue weighted by Gasteiger charge is 2.24. The van der Waals surface area contributed by atoms with E-state index in [9.17, 15) is 5.11 Å². The SMILES string of the molecule is C=CCOC(Cn1cc(I)c2c(/N=C\N(C)C)ncnc21)C(CO)OC. The van der Waals surface area contributed by atoms with Gasteiger partial charge >= 0.3 is 0 Å². The molecule has 0 aromatic carbocycles. The Balaban J connectivity index is 2.39. The molecule has 2 rings (SSSR count). The van der Waals surface area contributed by atoms with Gasteiger partial charge in [0.25, 0.3) is 0 Å². The van der Waals surface area contributed by atoms with Crippen LogP contribution in [-0.4, -0.2) is 77.5 Å². The summed E-state index contributed by atoms with van der Waals surface area (Å²) in [6.45, 7) is 4.38. The molecule has 0 aliphatic rings. The van der Waals surface area contributed by atoms with E-state index in [2.05, 4.69) is 44.1 Å². The molecular weight excluding hydrogens is 449 g/mol. The van der Waals surface area contributed by atoms with Gasteiger partial charge in [0.15, 0.2) is 5.82 Å². The minimum atomic E-state index is -0.446. The van der Waals surface area contributed by atoms with E-state index in [1.807, 2.05) is 29.8 Å². The Kier molecular flexibility index (Phi) is 7.94. The highest BCUT2D eigenvalue weighted by atomic mass is 127. The molecule has 1 N–H and O–H groups in total. The zero-order valence-corrected chi connectivity index (χ0v) is 17.3. The molecule has 142 valence electrons. The van der Waals surface area contributed by atoms with Gasteiger partial charge in [-0.1, -0.05) is 6.08 Å². The van der Waals surface area contributed by atoms with Crippen LogP contribution in [0, 0.1) is 3.57 Å². The number of nitrogens with zero attached hydrogens (tertiary/aromatic N) is 5. The maximum absolute atomic E-state index is 9.57. The average molecular weight is 473 g/mol. The van der Waals surface area contributed by atoms with Gasteiger partial charge in [0, 0.05) is 31.0 Å². The van der Waals surface area contributed by atoms with Crippen LogP contribution < -0.4 is 0 Å². The smallest absolute Gasteiger partial charge is 0.167 e. The second kappa shape index (κ2) is 9.95. The zero-order chi connectivity index (χ0) is 19.1. The first kappa shape index (κ1) is 20.7. The van der Waals surface area contributed by atoms with Gasteiger partial charge in [-0.25, -0.2) is 15.0 Å². The third-order valence-electron chi connectivity index (χ3n) is 3.70. The Hall–Kier alpha value is -1.56. The summed E-state index contributed by atoms with van der Waals surface area (Å²) in [5.41, 5.74) is 0.760. The molecule has 2 atom stereocenters. The molecule has 0 bridgehead atoms. The summed E-state index contributed by atoms with van der Waals surface area (Å²) in [6, 6.07) is 0. The van der Waals surface area contributed by atoms with Crippen LogP contribution in [0.4, 0.5) is 5.82 Å². The third kappa shape index (κ3) is 5.00. The Morgan fingerprint density at radius 3 is 2.81 bits per heavy atom. The van der Waals surface area contributed by atoms with Gasteiger partial charge < -0.3 is 24.0 Å². The van der Waals surface area contributed by atoms with Crippen LogP contribution in [0.5, 0.6) is 0 Å². The number of aliphatic hydroxyl groups excluding tert-OH is 1. The van der Waals surface area contributed by atoms with Gasteiger partial charge in [0.2, 0.25) is 0 Å². The van der Waals surface area contributed by atoms with Crippen molar-refractivity contribution in [3.8, 4) is 0 Å². The van der Waals surface area contributed by atoms with E-state index in [0.717, 1.165) is 14.6 Å². The van der Waals surface area contributed by atoms with E-state index in [0.29, 0.717) is 19.0 Å². The molecule has 0 radical (unpaired) electrons. The lowest BCUT2D eigenvalue weighted by molar-refractivity contribution is -0.0752. The summed E-state index contributed by atoms with van der Waals surface area (Å²) in [7, 11) is 5.36. The maximum atomic E-state index is 9.57. The fraction of sp³-hybridized carbons (Fsp3) is 0.471. The first-order chi connectivity index (χ1) is 12.5. The Morgan fingerprint density at radius 1 is 1.42 bits per heavy atom. The van der Waals surface area contributed by atoms with Gasteiger partial charge in [-0.15, -0.1) is 6.58 Å². The molecule has 0 aliphatic carbocycles. The van der Waals surface area contributed by atoms with Crippen molar-refractivity contribution in [2.45, 2.75) is 18.8 Å². The molecular formula is C17H24IN5O3. The number of fused-ring (bicyclic) bond motifs is 1. The molecule has 2 aromatic rings. The molecule has 2 heterocycles. The Bertz CT molecular complexity index is 758. The van der Waals surface area contributed by atoms with Crippen LogP contribution in [0.25, 0.3) is 11.0 Å². The van der Waals surface area contributed by atoms with Crippen LogP contribution >= 0.6 is 22.6 Å². The topological polar surface area (TPSA) is 85.0 Å². The van der Waals surface area contributed by atoms with Gasteiger partial charge in [-0.2, -0.15) is 0 Å². The molecule has 0 amide bonds. The summed E-state index contributed by atoms with van der Waals surface area (Å²) < 4.78 is 14.1. The lowest BCUT2D eigenvalue weighted by atomic mass is 10.2. The number of aliphatic imine (C=N–C) groups is 1. The second-order valence-corrected chi connectivity index (χ2v) is 7.01. The minimum Gasteiger partial charge on any atom is -0.394 e. The summed E-state index contributed by atoms with van der Waals surface area (Å²) >= 11 is 2.25. The van der Waals surface area contributed by atoms with Crippen molar-refractivity contribution >= 4 is 45.8 Å². The van der Waals surface area contributed by atoms with E-state index in [1.54, 1.807) is 19.5 Å². The van der Waals surface area contributed by atoms with E-state index >= 15 is 0 Å². The van der Waals surface area contributed by atoms with Crippen molar-refractivity contribution < 1.29 is 14.6 Å². The van der Waals surface area contributed by atoms with E-state index in [-0.39, 0.29) is 12.7 Å². The summed E-state index contributed by atoms with van der Waals surface area (Å²) in [6.07, 6.45) is 6.05. The zero-order valence-electron chi connectivity index (χ0n) is 15.2. The number of rotatable bonds is 10. The van der Waals surface area contributed by atoms with E-state index in [1.165, 1.54) is 6.33 Å². The number of halogens is 1. The van der Waals surface area contributed by atoms with Crippen LogP contribution in [-0.2, 0) is 16.0 Å². The van der Waals surface area contributed by atoms with E-state index < -0.39 is 6.10 Å². The highest BCUT2D eigenvalue weighted by Crippen LogP contribution is 2.29. The summed E-state index contributed by atoms with van der Waals surface area (Å²) in [4.78, 5) is 15.0. The van der Waals surface area contributed by atoms with E-state index in [4.69, 9.17) is 9.47 Å². The van der Waals surface area contributed by atoms with Crippen molar-refractivity contribution in [1.29, 1.82) is 0 Å². The second-order valence-electron chi connectivity index (χ2n) is 5.85. The van der Waals surface area contributed by atoms with Crippen molar-refractivity contribution in [1.82, 2.24) is 19.4 Å². The van der Waals surface area contributed by atoms with Crippen LogP contribution in [0.15, 0.2) is 30.2 Å². The van der Waals surface area contributed by atoms with Crippen molar-refractivity contribution in [2.24, 2.45) is 4.99 Å². The number of methoxy groups -OCH3 is 1. The first-order valence-electron chi connectivity index (χ1n) is 8.07. The minimum absolute atomic E-state index is 0.137.